The van der Waals surface area contributed by atoms with Gasteiger partial charge in [-0.3, -0.25) is 0 Å². The van der Waals surface area contributed by atoms with Crippen LogP contribution < -0.4 is 15.9 Å². The number of benzene rings is 3. The van der Waals surface area contributed by atoms with E-state index in [1.807, 2.05) is 91.0 Å². The van der Waals surface area contributed by atoms with Crippen LogP contribution in [-0.2, 0) is 19.2 Å². The van der Waals surface area contributed by atoms with Crippen molar-refractivity contribution in [1.29, 1.82) is 0 Å². The number of nitrogens with zero attached hydrogens (tertiary/aromatic N) is 1. The molecule has 3 aromatic rings. The summed E-state index contributed by atoms with van der Waals surface area (Å²) in [6.07, 6.45) is 0.220. The Labute approximate surface area is 175 Å². The fourth-order valence-electron chi connectivity index (χ4n) is 3.98. The number of rotatable bonds is 6. The summed E-state index contributed by atoms with van der Waals surface area (Å²) in [5, 5.41) is 3.79. The van der Waals surface area contributed by atoms with E-state index in [0.717, 1.165) is 15.9 Å². The Hall–Kier alpha value is -3.30. The summed E-state index contributed by atoms with van der Waals surface area (Å²) < 4.78 is 0. The summed E-state index contributed by atoms with van der Waals surface area (Å²) in [5.41, 5.74) is 0. The second-order valence-electron chi connectivity index (χ2n) is 7.23. The quantitative estimate of drug-likeness (QED) is 0.455. The molecule has 0 aliphatic carbocycles. The molecule has 6 heteroatoms. The maximum atomic E-state index is 13.1. The Bertz CT molecular complexity index is 942. The molecule has 1 heterocycles. The van der Waals surface area contributed by atoms with Crippen LogP contribution >= 0.6 is 7.26 Å². The van der Waals surface area contributed by atoms with Crippen molar-refractivity contribution in [3.63, 3.8) is 0 Å². The molecule has 0 saturated carbocycles. The third-order valence-electron chi connectivity index (χ3n) is 5.41. The Morgan fingerprint density at radius 3 is 1.43 bits per heavy atom. The summed E-state index contributed by atoms with van der Waals surface area (Å²) in [5.74, 6) is -1.53. The van der Waals surface area contributed by atoms with Crippen molar-refractivity contribution in [3.8, 4) is 0 Å². The zero-order valence-corrected chi connectivity index (χ0v) is 17.4. The molecule has 1 aliphatic rings. The molecule has 1 fully saturated rings. The minimum absolute atomic E-state index is 0.0715. The molecule has 0 aromatic heterocycles. The first-order valence-corrected chi connectivity index (χ1v) is 12.0. The normalized spacial score (nSPS) is 14.6. The van der Waals surface area contributed by atoms with Crippen molar-refractivity contribution in [3.05, 3.63) is 91.0 Å². The molecular weight excluding hydrogens is 397 g/mol. The molecule has 2 amide bonds. The second-order valence-corrected chi connectivity index (χ2v) is 11.1. The van der Waals surface area contributed by atoms with Crippen LogP contribution in [0.15, 0.2) is 91.0 Å². The van der Waals surface area contributed by atoms with E-state index in [9.17, 15) is 14.4 Å². The molecule has 152 valence electrons. The van der Waals surface area contributed by atoms with Gasteiger partial charge in [0.15, 0.2) is 0 Å². The van der Waals surface area contributed by atoms with Gasteiger partial charge in [-0.1, -0.05) is 0 Å². The van der Waals surface area contributed by atoms with Gasteiger partial charge in [-0.25, -0.2) is 0 Å². The molecule has 5 nitrogen and oxygen atoms in total. The summed E-state index contributed by atoms with van der Waals surface area (Å²) in [6, 6.07) is 29.8. The van der Waals surface area contributed by atoms with Gasteiger partial charge in [0, 0.05) is 0 Å². The fourth-order valence-corrected chi connectivity index (χ4v) is 8.38. The van der Waals surface area contributed by atoms with Crippen molar-refractivity contribution in [2.45, 2.75) is 12.8 Å². The van der Waals surface area contributed by atoms with Crippen molar-refractivity contribution >= 4 is 41.0 Å². The fraction of sp³-hybridized carbons (Fsp3) is 0.125. The average molecular weight is 419 g/mol. The van der Waals surface area contributed by atoms with E-state index in [2.05, 4.69) is 0 Å². The van der Waals surface area contributed by atoms with Crippen LogP contribution in [0.4, 0.5) is 0 Å². The Morgan fingerprint density at radius 2 is 1.07 bits per heavy atom. The predicted octanol–water partition coefficient (Wildman–Crippen LogP) is 2.32. The standard InChI is InChI=1S/C24H22NO4P/c26-22-16-17-23(27)25(22)29-24(28)18-30(19-10-4-1-5-11-19,20-12-6-2-7-13-20)21-14-8-3-9-15-21/h1-15,30H,16-18H2. The van der Waals surface area contributed by atoms with Crippen LogP contribution in [-0.4, -0.2) is 29.0 Å². The van der Waals surface area contributed by atoms with Gasteiger partial charge in [0.25, 0.3) is 0 Å². The van der Waals surface area contributed by atoms with Crippen molar-refractivity contribution < 1.29 is 19.2 Å². The third kappa shape index (κ3) is 3.77. The van der Waals surface area contributed by atoms with Gasteiger partial charge in [0.2, 0.25) is 0 Å². The van der Waals surface area contributed by atoms with Gasteiger partial charge in [-0.2, -0.15) is 0 Å². The molecule has 3 aromatic carbocycles. The molecule has 0 unspecified atom stereocenters. The van der Waals surface area contributed by atoms with Crippen LogP contribution in [0, 0.1) is 0 Å². The summed E-state index contributed by atoms with van der Waals surface area (Å²) in [6.45, 7) is 0. The van der Waals surface area contributed by atoms with E-state index in [1.165, 1.54) is 0 Å². The monoisotopic (exact) mass is 419 g/mol. The summed E-state index contributed by atoms with van der Waals surface area (Å²) >= 11 is 0. The van der Waals surface area contributed by atoms with Gasteiger partial charge in [0.05, 0.1) is 0 Å². The maximum absolute atomic E-state index is 13.1. The van der Waals surface area contributed by atoms with Crippen molar-refractivity contribution in [2.24, 2.45) is 0 Å². The average Bonchev–Trinajstić information content (AvgIpc) is 3.11. The number of hydroxylamine groups is 2. The molecule has 1 aliphatic heterocycles. The van der Waals surface area contributed by atoms with E-state index >= 15 is 0 Å². The number of hydrogen-bond donors (Lipinski definition) is 0. The first kappa shape index (κ1) is 20.0. The van der Waals surface area contributed by atoms with E-state index < -0.39 is 25.0 Å². The summed E-state index contributed by atoms with van der Waals surface area (Å²) in [7, 11) is -2.83. The number of carbonyl (C=O) groups excluding carboxylic acids is 3. The molecule has 1 saturated heterocycles. The zero-order valence-electron chi connectivity index (χ0n) is 16.4. The number of imide groups is 1. The number of amides is 2. The first-order chi connectivity index (χ1) is 14.6. The molecule has 0 radical (unpaired) electrons. The van der Waals surface area contributed by atoms with E-state index in [4.69, 9.17) is 4.84 Å². The number of hydrogen-bond acceptors (Lipinski definition) is 4. The van der Waals surface area contributed by atoms with Crippen LogP contribution in [0.1, 0.15) is 12.8 Å². The predicted molar refractivity (Wildman–Crippen MR) is 119 cm³/mol. The molecule has 30 heavy (non-hydrogen) atoms. The van der Waals surface area contributed by atoms with Gasteiger partial charge >= 0.3 is 175 Å². The summed E-state index contributed by atoms with van der Waals surface area (Å²) in [4.78, 5) is 42.2. The van der Waals surface area contributed by atoms with E-state index in [-0.39, 0.29) is 19.0 Å². The molecule has 4 rings (SSSR count). The second kappa shape index (κ2) is 8.60. The molecule has 0 atom stereocenters. The van der Waals surface area contributed by atoms with Gasteiger partial charge < -0.3 is 0 Å². The molecular formula is C24H22NO4P. The van der Waals surface area contributed by atoms with Crippen LogP contribution in [0.5, 0.6) is 0 Å². The van der Waals surface area contributed by atoms with Crippen LogP contribution in [0.2, 0.25) is 0 Å². The zero-order chi connectivity index (χ0) is 21.0. The molecule has 0 N–H and O–H groups in total. The number of carbonyl (C=O) groups is 3. The van der Waals surface area contributed by atoms with Crippen LogP contribution in [0.3, 0.4) is 0 Å². The topological polar surface area (TPSA) is 63.7 Å². The van der Waals surface area contributed by atoms with E-state index in [0.29, 0.717) is 5.06 Å². The molecule has 0 bridgehead atoms. The Morgan fingerprint density at radius 1 is 0.700 bits per heavy atom. The van der Waals surface area contributed by atoms with Gasteiger partial charge in [0.1, 0.15) is 0 Å². The van der Waals surface area contributed by atoms with Crippen molar-refractivity contribution in [2.75, 3.05) is 6.16 Å². The van der Waals surface area contributed by atoms with Crippen LogP contribution in [0.25, 0.3) is 0 Å². The first-order valence-electron chi connectivity index (χ1n) is 9.84. The minimum atomic E-state index is -2.83. The Kier molecular flexibility index (Phi) is 5.73. The Balaban J connectivity index is 1.82. The SMILES string of the molecule is O=C(C[PH](c1ccccc1)(c1ccccc1)c1ccccc1)ON1C(=O)CCC1=O. The van der Waals surface area contributed by atoms with Gasteiger partial charge in [-0.15, -0.1) is 0 Å². The van der Waals surface area contributed by atoms with Gasteiger partial charge in [-0.05, 0) is 0 Å². The van der Waals surface area contributed by atoms with E-state index in [1.54, 1.807) is 0 Å². The van der Waals surface area contributed by atoms with Crippen molar-refractivity contribution in [1.82, 2.24) is 5.06 Å². The third-order valence-corrected chi connectivity index (χ3v) is 10.2. The molecule has 0 spiro atoms.